The molecule has 0 saturated heterocycles. The first-order chi connectivity index (χ1) is 18.6. The Morgan fingerprint density at radius 3 is 1.93 bits per heavy atom. The maximum absolute atomic E-state index is 13.6. The van der Waals surface area contributed by atoms with Gasteiger partial charge in [0.05, 0.1) is 12.7 Å². The summed E-state index contributed by atoms with van der Waals surface area (Å²) in [5, 5.41) is 12.8. The highest BCUT2D eigenvalue weighted by atomic mass is 16.7. The van der Waals surface area contributed by atoms with Gasteiger partial charge in [-0.3, -0.25) is 0 Å². The predicted molar refractivity (Wildman–Crippen MR) is 142 cm³/mol. The zero-order chi connectivity index (χ0) is 30.1. The van der Waals surface area contributed by atoms with Crippen LogP contribution in [0.1, 0.15) is 69.1 Å². The Labute approximate surface area is 233 Å². The SMILES string of the molecule is COC(=O)c1ccc([C@@H](NC(=O)OC(C)(C)C)[C@@](C#N)(OC(=O)OCc2ccccc2)C(=O)OC(C)(C)C)cc1. The highest BCUT2D eigenvalue weighted by Gasteiger charge is 2.55. The molecule has 0 heterocycles. The van der Waals surface area contributed by atoms with Gasteiger partial charge in [-0.25, -0.2) is 19.2 Å². The van der Waals surface area contributed by atoms with Gasteiger partial charge in [0.15, 0.2) is 0 Å². The molecule has 40 heavy (non-hydrogen) atoms. The summed E-state index contributed by atoms with van der Waals surface area (Å²) >= 11 is 0. The fourth-order valence-corrected chi connectivity index (χ4v) is 3.36. The Bertz CT molecular complexity index is 1240. The summed E-state index contributed by atoms with van der Waals surface area (Å²) in [6, 6.07) is 14.2. The fourth-order valence-electron chi connectivity index (χ4n) is 3.36. The number of methoxy groups -OCH3 is 1. The molecule has 2 rings (SSSR count). The van der Waals surface area contributed by atoms with Crippen LogP contribution in [0.4, 0.5) is 9.59 Å². The number of nitrogens with zero attached hydrogens (tertiary/aromatic N) is 1. The van der Waals surface area contributed by atoms with Crippen molar-refractivity contribution in [3.05, 3.63) is 71.3 Å². The normalized spacial score (nSPS) is 13.4. The average Bonchev–Trinajstić information content (AvgIpc) is 2.87. The zero-order valence-electron chi connectivity index (χ0n) is 23.6. The molecule has 0 unspecified atom stereocenters. The number of hydrogen-bond donors (Lipinski definition) is 1. The van der Waals surface area contributed by atoms with Crippen molar-refractivity contribution in [3.63, 3.8) is 0 Å². The molecule has 0 aromatic heterocycles. The van der Waals surface area contributed by atoms with Crippen LogP contribution in [0.25, 0.3) is 0 Å². The number of nitriles is 1. The van der Waals surface area contributed by atoms with Gasteiger partial charge in [0, 0.05) is 0 Å². The molecule has 0 radical (unpaired) electrons. The number of nitrogens with one attached hydrogen (secondary N) is 1. The highest BCUT2D eigenvalue weighted by molar-refractivity contribution is 5.90. The number of alkyl carbamates (subject to hydrolysis) is 1. The van der Waals surface area contributed by atoms with Crippen LogP contribution in [0.5, 0.6) is 0 Å². The molecule has 1 amide bonds. The maximum atomic E-state index is 13.6. The quantitative estimate of drug-likeness (QED) is 0.349. The van der Waals surface area contributed by atoms with E-state index in [4.69, 9.17) is 23.7 Å². The largest absolute Gasteiger partial charge is 0.510 e. The van der Waals surface area contributed by atoms with Crippen LogP contribution < -0.4 is 5.32 Å². The minimum Gasteiger partial charge on any atom is -0.465 e. The molecule has 1 N–H and O–H groups in total. The molecular weight excluding hydrogens is 520 g/mol. The Balaban J connectivity index is 2.59. The monoisotopic (exact) mass is 554 g/mol. The van der Waals surface area contributed by atoms with Gasteiger partial charge in [-0.2, -0.15) is 5.26 Å². The summed E-state index contributed by atoms with van der Waals surface area (Å²) in [6.07, 6.45) is -2.38. The molecule has 11 nitrogen and oxygen atoms in total. The summed E-state index contributed by atoms with van der Waals surface area (Å²) in [6.45, 7) is 9.32. The second kappa shape index (κ2) is 13.0. The van der Waals surface area contributed by atoms with Crippen molar-refractivity contribution < 1.29 is 42.9 Å². The topological polar surface area (TPSA) is 150 Å². The van der Waals surface area contributed by atoms with Crippen molar-refractivity contribution in [2.24, 2.45) is 0 Å². The van der Waals surface area contributed by atoms with Gasteiger partial charge in [0.25, 0.3) is 0 Å². The van der Waals surface area contributed by atoms with Crippen molar-refractivity contribution in [2.75, 3.05) is 7.11 Å². The number of benzene rings is 2. The van der Waals surface area contributed by atoms with Crippen LogP contribution in [-0.2, 0) is 35.1 Å². The lowest BCUT2D eigenvalue weighted by Crippen LogP contribution is -2.56. The number of amides is 1. The molecule has 0 spiro atoms. The molecular formula is C29H34N2O9. The van der Waals surface area contributed by atoms with Crippen LogP contribution in [0, 0.1) is 11.3 Å². The maximum Gasteiger partial charge on any atom is 0.510 e. The van der Waals surface area contributed by atoms with E-state index >= 15 is 0 Å². The van der Waals surface area contributed by atoms with Crippen molar-refractivity contribution in [2.45, 2.75) is 71.0 Å². The Hall–Kier alpha value is -4.59. The molecule has 0 bridgehead atoms. The number of carbonyl (C=O) groups is 4. The van der Waals surface area contributed by atoms with Gasteiger partial charge < -0.3 is 29.0 Å². The first-order valence-electron chi connectivity index (χ1n) is 12.3. The summed E-state index contributed by atoms with van der Waals surface area (Å²) in [5.74, 6) is -1.90. The Morgan fingerprint density at radius 2 is 1.43 bits per heavy atom. The highest BCUT2D eigenvalue weighted by Crippen LogP contribution is 2.34. The van der Waals surface area contributed by atoms with E-state index in [2.05, 4.69) is 5.32 Å². The minimum absolute atomic E-state index is 0.113. The van der Waals surface area contributed by atoms with Crippen molar-refractivity contribution in [3.8, 4) is 6.07 Å². The number of carbonyl (C=O) groups excluding carboxylic acids is 4. The number of hydrogen-bond acceptors (Lipinski definition) is 10. The lowest BCUT2D eigenvalue weighted by Gasteiger charge is -2.35. The lowest BCUT2D eigenvalue weighted by atomic mass is 9.88. The van der Waals surface area contributed by atoms with Gasteiger partial charge in [0.2, 0.25) is 0 Å². The molecule has 0 aliphatic heterocycles. The van der Waals surface area contributed by atoms with Crippen molar-refractivity contribution >= 4 is 24.2 Å². The minimum atomic E-state index is -2.77. The Morgan fingerprint density at radius 1 is 0.850 bits per heavy atom. The molecule has 0 saturated carbocycles. The van der Waals surface area contributed by atoms with Gasteiger partial charge >= 0.3 is 29.8 Å². The van der Waals surface area contributed by atoms with Gasteiger partial charge in [-0.05, 0) is 64.8 Å². The molecule has 11 heteroatoms. The van der Waals surface area contributed by atoms with Crippen molar-refractivity contribution in [1.29, 1.82) is 5.26 Å². The third-order valence-electron chi connectivity index (χ3n) is 5.04. The van der Waals surface area contributed by atoms with E-state index in [1.165, 1.54) is 31.4 Å². The van der Waals surface area contributed by atoms with E-state index in [0.29, 0.717) is 5.56 Å². The molecule has 0 aliphatic rings. The number of ether oxygens (including phenoxy) is 5. The van der Waals surface area contributed by atoms with E-state index in [1.54, 1.807) is 77.9 Å². The third-order valence-corrected chi connectivity index (χ3v) is 5.04. The van der Waals surface area contributed by atoms with Crippen LogP contribution in [0.2, 0.25) is 0 Å². The van der Waals surface area contributed by atoms with E-state index in [9.17, 15) is 24.4 Å². The Kier molecular flexibility index (Phi) is 10.3. The molecule has 0 fully saturated rings. The second-order valence-electron chi connectivity index (χ2n) is 10.7. The average molecular weight is 555 g/mol. The summed E-state index contributed by atoms with van der Waals surface area (Å²) in [7, 11) is 1.21. The first kappa shape index (κ1) is 31.6. The molecule has 2 aromatic rings. The first-order valence-corrected chi connectivity index (χ1v) is 12.3. The molecule has 2 aromatic carbocycles. The number of esters is 2. The number of rotatable bonds is 8. The standard InChI is InChI=1S/C29H34N2O9/c1-27(2,3)38-24(33)29(18-30,40-26(35)37-17-19-11-9-8-10-12-19)22(31-25(34)39-28(4,5)6)20-13-15-21(16-14-20)23(32)36-7/h8-16,22H,17H2,1-7H3,(H,31,34)/t22-,29-/m1/s1. The van der Waals surface area contributed by atoms with Crippen molar-refractivity contribution in [1.82, 2.24) is 5.32 Å². The van der Waals surface area contributed by atoms with E-state index < -0.39 is 47.0 Å². The van der Waals surface area contributed by atoms with Crippen LogP contribution in [0.15, 0.2) is 54.6 Å². The summed E-state index contributed by atoms with van der Waals surface area (Å²) in [5.41, 5.74) is -3.93. The van der Waals surface area contributed by atoms with Gasteiger partial charge in [-0.15, -0.1) is 0 Å². The summed E-state index contributed by atoms with van der Waals surface area (Å²) < 4.78 is 26.1. The lowest BCUT2D eigenvalue weighted by molar-refractivity contribution is -0.176. The fraction of sp³-hybridized carbons (Fsp3) is 0.414. The zero-order valence-corrected chi connectivity index (χ0v) is 23.6. The van der Waals surface area contributed by atoms with Crippen LogP contribution >= 0.6 is 0 Å². The van der Waals surface area contributed by atoms with Crippen LogP contribution in [0.3, 0.4) is 0 Å². The smallest absolute Gasteiger partial charge is 0.465 e. The molecule has 0 aliphatic carbocycles. The molecule has 214 valence electrons. The second-order valence-corrected chi connectivity index (χ2v) is 10.7. The van der Waals surface area contributed by atoms with E-state index in [1.807, 2.05) is 0 Å². The van der Waals surface area contributed by atoms with E-state index in [-0.39, 0.29) is 17.7 Å². The summed E-state index contributed by atoms with van der Waals surface area (Å²) in [4.78, 5) is 51.3. The van der Waals surface area contributed by atoms with Crippen LogP contribution in [-0.4, -0.2) is 48.1 Å². The predicted octanol–water partition coefficient (Wildman–Crippen LogP) is 5.00. The molecule has 2 atom stereocenters. The third kappa shape index (κ3) is 9.01. The van der Waals surface area contributed by atoms with Gasteiger partial charge in [0.1, 0.15) is 29.9 Å². The van der Waals surface area contributed by atoms with E-state index in [0.717, 1.165) is 0 Å². The van der Waals surface area contributed by atoms with Gasteiger partial charge in [-0.1, -0.05) is 42.5 Å².